The van der Waals surface area contributed by atoms with Crippen molar-refractivity contribution in [3.05, 3.63) is 35.9 Å². The van der Waals surface area contributed by atoms with E-state index < -0.39 is 6.10 Å². The summed E-state index contributed by atoms with van der Waals surface area (Å²) in [6, 6.07) is 9.26. The van der Waals surface area contributed by atoms with Crippen LogP contribution < -0.4 is 5.73 Å². The van der Waals surface area contributed by atoms with Crippen molar-refractivity contribution in [2.45, 2.75) is 31.9 Å². The second-order valence-corrected chi connectivity index (χ2v) is 5.13. The molecule has 0 heterocycles. The van der Waals surface area contributed by atoms with Crippen LogP contribution in [0.1, 0.15) is 25.3 Å². The predicted octanol–water partition coefficient (Wildman–Crippen LogP) is 1.31. The lowest BCUT2D eigenvalue weighted by atomic mass is 9.94. The molecule has 1 saturated carbocycles. The summed E-state index contributed by atoms with van der Waals surface area (Å²) < 4.78 is 0. The molecule has 3 N–H and O–H groups in total. The minimum atomic E-state index is -0.729. The Morgan fingerprint density at radius 2 is 1.82 bits per heavy atom. The Kier molecular flexibility index (Phi) is 3.31. The highest BCUT2D eigenvalue weighted by Gasteiger charge is 2.55. The number of benzene rings is 1. The first kappa shape index (κ1) is 12.3. The summed E-state index contributed by atoms with van der Waals surface area (Å²) in [7, 11) is 0. The van der Waals surface area contributed by atoms with Gasteiger partial charge in [0, 0.05) is 6.04 Å². The van der Waals surface area contributed by atoms with Gasteiger partial charge in [0.05, 0.1) is 17.9 Å². The number of hydrogen-bond donors (Lipinski definition) is 2. The molecule has 0 radical (unpaired) electrons. The number of carbonyl (C=O) groups is 1. The summed E-state index contributed by atoms with van der Waals surface area (Å²) >= 11 is 0. The van der Waals surface area contributed by atoms with E-state index in [1.54, 1.807) is 0 Å². The topological polar surface area (TPSA) is 63.3 Å². The van der Waals surface area contributed by atoms with Crippen LogP contribution in [-0.4, -0.2) is 23.0 Å². The molecule has 0 aromatic heterocycles. The van der Waals surface area contributed by atoms with Gasteiger partial charge in [-0.1, -0.05) is 44.2 Å². The number of aliphatic hydroxyl groups excluding tert-OH is 1. The average Bonchev–Trinajstić information content (AvgIpc) is 3.00. The van der Waals surface area contributed by atoms with E-state index in [2.05, 4.69) is 0 Å². The summed E-state index contributed by atoms with van der Waals surface area (Å²) in [5.41, 5.74) is 6.89. The standard InChI is InChI=1S/C14H19NO2/c1-8(2)12(15)14(17)11-10(13(11)16)9-6-4-3-5-7-9/h3-8,10-12,14,17H,15H2,1-2H3/t10?,11?,12-,14?/m0/s1. The highest BCUT2D eigenvalue weighted by atomic mass is 16.3. The summed E-state index contributed by atoms with van der Waals surface area (Å²) in [4.78, 5) is 11.8. The van der Waals surface area contributed by atoms with Crippen molar-refractivity contribution in [3.63, 3.8) is 0 Å². The van der Waals surface area contributed by atoms with Gasteiger partial charge in [-0.15, -0.1) is 0 Å². The highest BCUT2D eigenvalue weighted by molar-refractivity contribution is 6.05. The van der Waals surface area contributed by atoms with Crippen LogP contribution >= 0.6 is 0 Å². The van der Waals surface area contributed by atoms with Crippen LogP contribution in [0.15, 0.2) is 30.3 Å². The van der Waals surface area contributed by atoms with Gasteiger partial charge in [0.1, 0.15) is 5.78 Å². The van der Waals surface area contributed by atoms with Crippen molar-refractivity contribution >= 4 is 5.78 Å². The first-order valence-electron chi connectivity index (χ1n) is 6.06. The van der Waals surface area contributed by atoms with E-state index in [4.69, 9.17) is 5.73 Å². The molecule has 1 aliphatic rings. The molecular formula is C14H19NO2. The second-order valence-electron chi connectivity index (χ2n) is 5.13. The molecule has 1 aliphatic carbocycles. The van der Waals surface area contributed by atoms with Gasteiger partial charge in [-0.2, -0.15) is 0 Å². The lowest BCUT2D eigenvalue weighted by Gasteiger charge is -2.21. The fourth-order valence-corrected chi connectivity index (χ4v) is 2.29. The summed E-state index contributed by atoms with van der Waals surface area (Å²) in [5, 5.41) is 10.1. The van der Waals surface area contributed by atoms with Gasteiger partial charge in [0.15, 0.2) is 0 Å². The van der Waals surface area contributed by atoms with E-state index in [0.717, 1.165) is 5.56 Å². The Bertz CT molecular complexity index is 402. The van der Waals surface area contributed by atoms with Gasteiger partial charge in [-0.05, 0) is 11.5 Å². The minimum absolute atomic E-state index is 0.111. The molecule has 0 amide bonds. The molecule has 3 nitrogen and oxygen atoms in total. The Morgan fingerprint density at radius 3 is 2.35 bits per heavy atom. The Morgan fingerprint density at radius 1 is 1.24 bits per heavy atom. The zero-order valence-corrected chi connectivity index (χ0v) is 10.2. The molecule has 1 fully saturated rings. The van der Waals surface area contributed by atoms with E-state index in [9.17, 15) is 9.90 Å². The third-order valence-electron chi connectivity index (χ3n) is 3.58. The number of nitrogens with two attached hydrogens (primary N) is 1. The van der Waals surface area contributed by atoms with E-state index >= 15 is 0 Å². The Balaban J connectivity index is 2.09. The average molecular weight is 233 g/mol. The van der Waals surface area contributed by atoms with Crippen LogP contribution in [0.5, 0.6) is 0 Å². The maximum absolute atomic E-state index is 11.8. The molecule has 0 aliphatic heterocycles. The van der Waals surface area contributed by atoms with Crippen LogP contribution in [0.3, 0.4) is 0 Å². The number of ketones is 1. The lowest BCUT2D eigenvalue weighted by molar-refractivity contribution is -0.112. The molecule has 0 saturated heterocycles. The molecule has 92 valence electrons. The van der Waals surface area contributed by atoms with Crippen molar-refractivity contribution in [2.75, 3.05) is 0 Å². The molecule has 17 heavy (non-hydrogen) atoms. The van der Waals surface area contributed by atoms with E-state index in [0.29, 0.717) is 0 Å². The molecule has 2 rings (SSSR count). The van der Waals surface area contributed by atoms with Crippen molar-refractivity contribution in [2.24, 2.45) is 17.6 Å². The normalized spacial score (nSPS) is 27.0. The van der Waals surface area contributed by atoms with Gasteiger partial charge in [-0.25, -0.2) is 0 Å². The quantitative estimate of drug-likeness (QED) is 0.824. The van der Waals surface area contributed by atoms with Gasteiger partial charge >= 0.3 is 0 Å². The molecule has 3 unspecified atom stereocenters. The fraction of sp³-hybridized carbons (Fsp3) is 0.500. The largest absolute Gasteiger partial charge is 0.391 e. The summed E-state index contributed by atoms with van der Waals surface area (Å²) in [6.45, 7) is 3.91. The SMILES string of the molecule is CC(C)[C@H](N)C(O)C1C(=O)C1c1ccccc1. The van der Waals surface area contributed by atoms with Crippen LogP contribution in [0, 0.1) is 11.8 Å². The van der Waals surface area contributed by atoms with Gasteiger partial charge in [-0.3, -0.25) is 4.79 Å². The van der Waals surface area contributed by atoms with Crippen molar-refractivity contribution < 1.29 is 9.90 Å². The molecule has 1 aromatic carbocycles. The van der Waals surface area contributed by atoms with E-state index in [1.807, 2.05) is 44.2 Å². The lowest BCUT2D eigenvalue weighted by Crippen LogP contribution is -2.41. The smallest absolute Gasteiger partial charge is 0.147 e. The second kappa shape index (κ2) is 4.59. The zero-order chi connectivity index (χ0) is 12.6. The fourth-order valence-electron chi connectivity index (χ4n) is 2.29. The molecule has 4 atom stereocenters. The van der Waals surface area contributed by atoms with Crippen molar-refractivity contribution in [1.82, 2.24) is 0 Å². The van der Waals surface area contributed by atoms with Gasteiger partial charge < -0.3 is 10.8 Å². The van der Waals surface area contributed by atoms with Crippen LogP contribution in [0.2, 0.25) is 0 Å². The predicted molar refractivity (Wildman–Crippen MR) is 66.5 cm³/mol. The molecule has 0 spiro atoms. The number of carbonyl (C=O) groups excluding carboxylic acids is 1. The monoisotopic (exact) mass is 233 g/mol. The number of rotatable bonds is 4. The maximum Gasteiger partial charge on any atom is 0.147 e. The minimum Gasteiger partial charge on any atom is -0.391 e. The Labute approximate surface area is 102 Å². The number of Topliss-reactive ketones (excluding diaryl/α,β-unsaturated/α-hetero) is 1. The Hall–Kier alpha value is -1.19. The van der Waals surface area contributed by atoms with Crippen molar-refractivity contribution in [3.8, 4) is 0 Å². The van der Waals surface area contributed by atoms with E-state index in [-0.39, 0.29) is 29.6 Å². The summed E-state index contributed by atoms with van der Waals surface area (Å²) in [6.07, 6.45) is -0.729. The van der Waals surface area contributed by atoms with Gasteiger partial charge in [0.25, 0.3) is 0 Å². The van der Waals surface area contributed by atoms with Gasteiger partial charge in [0.2, 0.25) is 0 Å². The molecular weight excluding hydrogens is 214 g/mol. The highest BCUT2D eigenvalue weighted by Crippen LogP contribution is 2.46. The van der Waals surface area contributed by atoms with Crippen LogP contribution in [0.4, 0.5) is 0 Å². The zero-order valence-electron chi connectivity index (χ0n) is 10.2. The van der Waals surface area contributed by atoms with Crippen molar-refractivity contribution in [1.29, 1.82) is 0 Å². The van der Waals surface area contributed by atoms with Crippen LogP contribution in [0.25, 0.3) is 0 Å². The van der Waals surface area contributed by atoms with E-state index in [1.165, 1.54) is 0 Å². The number of aliphatic hydroxyl groups is 1. The number of hydrogen-bond acceptors (Lipinski definition) is 3. The maximum atomic E-state index is 11.8. The molecule has 3 heteroatoms. The first-order valence-corrected chi connectivity index (χ1v) is 6.06. The third-order valence-corrected chi connectivity index (χ3v) is 3.58. The van der Waals surface area contributed by atoms with Crippen LogP contribution in [-0.2, 0) is 4.79 Å². The third kappa shape index (κ3) is 2.26. The summed E-state index contributed by atoms with van der Waals surface area (Å²) in [5.74, 6) is -0.180. The molecule has 0 bridgehead atoms. The first-order chi connectivity index (χ1) is 8.04. The molecule has 1 aromatic rings.